The van der Waals surface area contributed by atoms with Crippen LogP contribution in [0.25, 0.3) is 17.1 Å². The van der Waals surface area contributed by atoms with Crippen molar-refractivity contribution in [3.63, 3.8) is 0 Å². The summed E-state index contributed by atoms with van der Waals surface area (Å²) in [6, 6.07) is 7.57. The van der Waals surface area contributed by atoms with Crippen LogP contribution < -0.4 is 5.73 Å². The van der Waals surface area contributed by atoms with Crippen molar-refractivity contribution < 1.29 is 9.90 Å². The van der Waals surface area contributed by atoms with Gasteiger partial charge in [-0.15, -0.1) is 0 Å². The molecule has 0 atom stereocenters. The summed E-state index contributed by atoms with van der Waals surface area (Å²) in [5.41, 5.74) is 8.34. The fourth-order valence-electron chi connectivity index (χ4n) is 2.27. The molecule has 4 N–H and O–H groups in total. The fraction of sp³-hybridized carbons (Fsp3) is 0.118. The van der Waals surface area contributed by atoms with E-state index in [4.69, 9.17) is 16.2 Å². The van der Waals surface area contributed by atoms with E-state index in [1.54, 1.807) is 6.33 Å². The van der Waals surface area contributed by atoms with Crippen molar-refractivity contribution in [2.45, 2.75) is 12.8 Å². The maximum Gasteiger partial charge on any atom is 0.303 e. The number of amidine groups is 1. The Morgan fingerprint density at radius 3 is 2.44 bits per heavy atom. The first-order chi connectivity index (χ1) is 12.0. The lowest BCUT2D eigenvalue weighted by molar-refractivity contribution is -0.136. The average molecular weight is 336 g/mol. The van der Waals surface area contributed by atoms with Crippen LogP contribution >= 0.6 is 0 Å². The largest absolute Gasteiger partial charge is 0.481 e. The highest BCUT2D eigenvalue weighted by Crippen LogP contribution is 2.18. The van der Waals surface area contributed by atoms with E-state index in [1.165, 1.54) is 12.4 Å². The number of aryl methyl sites for hydroxylation is 1. The standard InChI is InChI=1S/C17H16N6O2/c18-16(19)12-7-20-17(21-8-12)11-1-4-14(5-2-11)23-9-13(22-10-23)3-6-15(24)25/h1-2,4-5,7-10H,3,6H2,(H3,18,19)(H,24,25). The van der Waals surface area contributed by atoms with Gasteiger partial charge in [-0.3, -0.25) is 10.2 Å². The van der Waals surface area contributed by atoms with Crippen molar-refractivity contribution >= 4 is 11.8 Å². The summed E-state index contributed by atoms with van der Waals surface area (Å²) < 4.78 is 1.83. The molecule has 8 heteroatoms. The maximum absolute atomic E-state index is 10.6. The second-order valence-electron chi connectivity index (χ2n) is 5.42. The van der Waals surface area contributed by atoms with Gasteiger partial charge in [-0.1, -0.05) is 0 Å². The van der Waals surface area contributed by atoms with Gasteiger partial charge in [0, 0.05) is 36.3 Å². The highest BCUT2D eigenvalue weighted by atomic mass is 16.4. The zero-order valence-electron chi connectivity index (χ0n) is 13.3. The molecule has 0 aliphatic rings. The van der Waals surface area contributed by atoms with Crippen molar-refractivity contribution in [1.82, 2.24) is 19.5 Å². The molecule has 0 amide bonds. The Labute approximate surface area is 143 Å². The second kappa shape index (κ2) is 6.91. The lowest BCUT2D eigenvalue weighted by atomic mass is 10.2. The van der Waals surface area contributed by atoms with Gasteiger partial charge in [0.1, 0.15) is 5.84 Å². The maximum atomic E-state index is 10.6. The quantitative estimate of drug-likeness (QED) is 0.463. The monoisotopic (exact) mass is 336 g/mol. The Bertz CT molecular complexity index is 900. The molecular formula is C17H16N6O2. The van der Waals surface area contributed by atoms with E-state index < -0.39 is 5.97 Å². The molecule has 0 saturated carbocycles. The zero-order valence-corrected chi connectivity index (χ0v) is 13.3. The molecule has 0 radical (unpaired) electrons. The van der Waals surface area contributed by atoms with Crippen molar-refractivity contribution in [3.05, 3.63) is 60.4 Å². The van der Waals surface area contributed by atoms with Crippen LogP contribution in [0.4, 0.5) is 0 Å². The molecule has 2 aromatic heterocycles. The Balaban J connectivity index is 1.76. The van der Waals surface area contributed by atoms with E-state index in [0.717, 1.165) is 16.9 Å². The smallest absolute Gasteiger partial charge is 0.303 e. The van der Waals surface area contributed by atoms with Gasteiger partial charge < -0.3 is 15.4 Å². The van der Waals surface area contributed by atoms with E-state index >= 15 is 0 Å². The van der Waals surface area contributed by atoms with Crippen LogP contribution in [0.3, 0.4) is 0 Å². The van der Waals surface area contributed by atoms with Gasteiger partial charge in [-0.2, -0.15) is 0 Å². The Morgan fingerprint density at radius 1 is 1.16 bits per heavy atom. The van der Waals surface area contributed by atoms with Crippen LogP contribution in [0.15, 0.2) is 49.2 Å². The topological polar surface area (TPSA) is 131 Å². The molecule has 3 aromatic rings. The number of hydrogen-bond acceptors (Lipinski definition) is 5. The Kier molecular flexibility index (Phi) is 4.51. The molecule has 126 valence electrons. The molecule has 0 aliphatic carbocycles. The van der Waals surface area contributed by atoms with Gasteiger partial charge in [0.15, 0.2) is 5.82 Å². The van der Waals surface area contributed by atoms with Gasteiger partial charge in [0.25, 0.3) is 0 Å². The van der Waals surface area contributed by atoms with E-state index in [1.807, 2.05) is 35.0 Å². The molecule has 2 heterocycles. The van der Waals surface area contributed by atoms with Crippen LogP contribution in [-0.2, 0) is 11.2 Å². The zero-order chi connectivity index (χ0) is 17.8. The number of rotatable bonds is 6. The number of nitrogens with one attached hydrogen (secondary N) is 1. The number of carbonyl (C=O) groups is 1. The fourth-order valence-corrected chi connectivity index (χ4v) is 2.27. The summed E-state index contributed by atoms with van der Waals surface area (Å²) >= 11 is 0. The summed E-state index contributed by atoms with van der Waals surface area (Å²) in [5.74, 6) is -0.361. The molecule has 0 bridgehead atoms. The third kappa shape index (κ3) is 3.86. The highest BCUT2D eigenvalue weighted by molar-refractivity contribution is 5.94. The Hall–Kier alpha value is -3.55. The number of nitrogens with two attached hydrogens (primary N) is 1. The van der Waals surface area contributed by atoms with Gasteiger partial charge in [0.2, 0.25) is 0 Å². The SMILES string of the molecule is N=C(N)c1cnc(-c2ccc(-n3cnc(CCC(=O)O)c3)cc2)nc1. The summed E-state index contributed by atoms with van der Waals surface area (Å²) in [5, 5.41) is 16.1. The summed E-state index contributed by atoms with van der Waals surface area (Å²) in [4.78, 5) is 23.3. The van der Waals surface area contributed by atoms with Crippen molar-refractivity contribution in [2.75, 3.05) is 0 Å². The third-order valence-corrected chi connectivity index (χ3v) is 3.62. The first kappa shape index (κ1) is 16.3. The number of aliphatic carboxylic acids is 1. The minimum absolute atomic E-state index is 0.0591. The second-order valence-corrected chi connectivity index (χ2v) is 5.42. The van der Waals surface area contributed by atoms with Crippen molar-refractivity contribution in [1.29, 1.82) is 5.41 Å². The number of carboxylic acid groups (broad SMARTS) is 1. The molecule has 3 rings (SSSR count). The van der Waals surface area contributed by atoms with Gasteiger partial charge >= 0.3 is 5.97 Å². The normalized spacial score (nSPS) is 10.6. The van der Waals surface area contributed by atoms with Crippen LogP contribution in [0.2, 0.25) is 0 Å². The van der Waals surface area contributed by atoms with E-state index in [9.17, 15) is 4.79 Å². The van der Waals surface area contributed by atoms with Gasteiger partial charge in [0.05, 0.1) is 24.0 Å². The number of nitrogens with zero attached hydrogens (tertiary/aromatic N) is 4. The number of hydrogen-bond donors (Lipinski definition) is 3. The number of benzene rings is 1. The molecule has 0 saturated heterocycles. The van der Waals surface area contributed by atoms with Crippen molar-refractivity contribution in [2.24, 2.45) is 5.73 Å². The molecular weight excluding hydrogens is 320 g/mol. The summed E-state index contributed by atoms with van der Waals surface area (Å²) in [6.07, 6.45) is 6.97. The van der Waals surface area contributed by atoms with Crippen LogP contribution in [0.1, 0.15) is 17.7 Å². The first-order valence-electron chi connectivity index (χ1n) is 7.55. The molecule has 0 fully saturated rings. The van der Waals surface area contributed by atoms with Crippen LogP contribution in [0, 0.1) is 5.41 Å². The molecule has 0 unspecified atom stereocenters. The summed E-state index contributed by atoms with van der Waals surface area (Å²) in [6.45, 7) is 0. The van der Waals surface area contributed by atoms with E-state index in [-0.39, 0.29) is 12.3 Å². The molecule has 0 spiro atoms. The number of carboxylic acids is 1. The Morgan fingerprint density at radius 2 is 1.84 bits per heavy atom. The lowest BCUT2D eigenvalue weighted by Gasteiger charge is -2.05. The van der Waals surface area contributed by atoms with Crippen LogP contribution in [0.5, 0.6) is 0 Å². The average Bonchev–Trinajstić information content (AvgIpc) is 3.09. The highest BCUT2D eigenvalue weighted by Gasteiger charge is 2.06. The third-order valence-electron chi connectivity index (χ3n) is 3.62. The molecule has 1 aromatic carbocycles. The number of imidazole rings is 1. The van der Waals surface area contributed by atoms with Gasteiger partial charge in [-0.05, 0) is 24.3 Å². The van der Waals surface area contributed by atoms with Gasteiger partial charge in [-0.25, -0.2) is 15.0 Å². The lowest BCUT2D eigenvalue weighted by Crippen LogP contribution is -2.11. The van der Waals surface area contributed by atoms with Crippen molar-refractivity contribution in [3.8, 4) is 17.1 Å². The van der Waals surface area contributed by atoms with E-state index in [2.05, 4.69) is 15.0 Å². The number of nitrogen functional groups attached to an aromatic ring is 1. The minimum Gasteiger partial charge on any atom is -0.481 e. The van der Waals surface area contributed by atoms with Crippen LogP contribution in [-0.4, -0.2) is 36.4 Å². The molecule has 0 aliphatic heterocycles. The summed E-state index contributed by atoms with van der Waals surface area (Å²) in [7, 11) is 0. The van der Waals surface area contributed by atoms with E-state index in [0.29, 0.717) is 17.8 Å². The minimum atomic E-state index is -0.838. The molecule has 8 nitrogen and oxygen atoms in total. The first-order valence-corrected chi connectivity index (χ1v) is 7.55. The number of aromatic nitrogens is 4. The predicted molar refractivity (Wildman–Crippen MR) is 91.6 cm³/mol. The molecule has 25 heavy (non-hydrogen) atoms. The predicted octanol–water partition coefficient (Wildman–Crippen LogP) is 1.63.